The lowest BCUT2D eigenvalue weighted by molar-refractivity contribution is -0.0207. The molecule has 1 fully saturated rings. The van der Waals surface area contributed by atoms with Crippen LogP contribution in [0.2, 0.25) is 0 Å². The molecule has 0 radical (unpaired) electrons. The molecule has 2 rings (SSSR count). The lowest BCUT2D eigenvalue weighted by Crippen LogP contribution is -2.45. The number of aryl methyl sites for hydroxylation is 1. The second-order valence-electron chi connectivity index (χ2n) is 5.17. The molecule has 0 spiro atoms. The highest BCUT2D eigenvalue weighted by molar-refractivity contribution is 4.89. The van der Waals surface area contributed by atoms with Crippen molar-refractivity contribution >= 4 is 0 Å². The normalized spacial score (nSPS) is 26.3. The SMILES string of the molecule is CCCc1noc(CN2CCCC(C)(O)C2)n1. The third-order valence-corrected chi connectivity index (χ3v) is 3.10. The van der Waals surface area contributed by atoms with Gasteiger partial charge < -0.3 is 9.63 Å². The lowest BCUT2D eigenvalue weighted by Gasteiger charge is -2.35. The van der Waals surface area contributed by atoms with Gasteiger partial charge in [-0.1, -0.05) is 12.1 Å². The first-order valence-corrected chi connectivity index (χ1v) is 6.35. The zero-order valence-electron chi connectivity index (χ0n) is 10.6. The molecule has 1 aliphatic heterocycles. The minimum absolute atomic E-state index is 0.579. The molecule has 1 atom stereocenters. The van der Waals surface area contributed by atoms with Gasteiger partial charge in [0.25, 0.3) is 0 Å². The first-order valence-electron chi connectivity index (χ1n) is 6.35. The molecule has 1 saturated heterocycles. The van der Waals surface area contributed by atoms with Crippen LogP contribution in [0.25, 0.3) is 0 Å². The van der Waals surface area contributed by atoms with Gasteiger partial charge in [0, 0.05) is 13.0 Å². The summed E-state index contributed by atoms with van der Waals surface area (Å²) in [4.78, 5) is 6.51. The van der Waals surface area contributed by atoms with E-state index in [2.05, 4.69) is 22.0 Å². The summed E-state index contributed by atoms with van der Waals surface area (Å²) in [6.45, 7) is 6.29. The maximum absolute atomic E-state index is 10.0. The fourth-order valence-electron chi connectivity index (χ4n) is 2.33. The van der Waals surface area contributed by atoms with Gasteiger partial charge in [0.15, 0.2) is 5.82 Å². The second kappa shape index (κ2) is 5.14. The second-order valence-corrected chi connectivity index (χ2v) is 5.17. The van der Waals surface area contributed by atoms with Crippen molar-refractivity contribution in [3.8, 4) is 0 Å². The Morgan fingerprint density at radius 1 is 1.53 bits per heavy atom. The van der Waals surface area contributed by atoms with Crippen molar-refractivity contribution in [2.75, 3.05) is 13.1 Å². The smallest absolute Gasteiger partial charge is 0.240 e. The summed E-state index contributed by atoms with van der Waals surface area (Å²) in [6.07, 6.45) is 3.77. The molecule has 1 aliphatic rings. The van der Waals surface area contributed by atoms with Crippen molar-refractivity contribution in [3.05, 3.63) is 11.7 Å². The molecular weight excluding hydrogens is 218 g/mol. The van der Waals surface area contributed by atoms with Crippen LogP contribution in [-0.4, -0.2) is 38.8 Å². The molecule has 1 aromatic heterocycles. The maximum atomic E-state index is 10.0. The molecule has 2 heterocycles. The van der Waals surface area contributed by atoms with Gasteiger partial charge in [0.1, 0.15) is 0 Å². The van der Waals surface area contributed by atoms with Crippen LogP contribution in [0, 0.1) is 0 Å². The summed E-state index contributed by atoms with van der Waals surface area (Å²) < 4.78 is 5.20. The Kier molecular flexibility index (Phi) is 3.79. The van der Waals surface area contributed by atoms with Crippen LogP contribution in [-0.2, 0) is 13.0 Å². The average molecular weight is 239 g/mol. The number of β-amino-alcohol motifs (C(OH)–C–C–N with tert-alkyl or cyclic N) is 1. The Bertz CT molecular complexity index is 362. The number of hydrogen-bond donors (Lipinski definition) is 1. The predicted octanol–water partition coefficient (Wildman–Crippen LogP) is 1.37. The van der Waals surface area contributed by atoms with Gasteiger partial charge in [0.05, 0.1) is 12.1 Å². The third kappa shape index (κ3) is 3.51. The Balaban J connectivity index is 1.91. The van der Waals surface area contributed by atoms with Crippen molar-refractivity contribution in [3.63, 3.8) is 0 Å². The van der Waals surface area contributed by atoms with Gasteiger partial charge in [-0.05, 0) is 32.7 Å². The van der Waals surface area contributed by atoms with E-state index in [1.54, 1.807) is 0 Å². The van der Waals surface area contributed by atoms with Gasteiger partial charge in [-0.25, -0.2) is 0 Å². The molecule has 96 valence electrons. The van der Waals surface area contributed by atoms with E-state index >= 15 is 0 Å². The van der Waals surface area contributed by atoms with Crippen molar-refractivity contribution in [1.29, 1.82) is 0 Å². The van der Waals surface area contributed by atoms with E-state index in [1.165, 1.54) is 0 Å². The summed E-state index contributed by atoms with van der Waals surface area (Å²) >= 11 is 0. The Labute approximate surface area is 102 Å². The largest absolute Gasteiger partial charge is 0.389 e. The van der Waals surface area contributed by atoms with Crippen molar-refractivity contribution in [1.82, 2.24) is 15.0 Å². The molecule has 0 saturated carbocycles. The zero-order valence-corrected chi connectivity index (χ0v) is 10.6. The number of aromatic nitrogens is 2. The van der Waals surface area contributed by atoms with Crippen LogP contribution < -0.4 is 0 Å². The van der Waals surface area contributed by atoms with Gasteiger partial charge in [-0.15, -0.1) is 0 Å². The summed E-state index contributed by atoms with van der Waals surface area (Å²) in [5, 5.41) is 13.9. The molecule has 0 aliphatic carbocycles. The van der Waals surface area contributed by atoms with E-state index < -0.39 is 5.60 Å². The van der Waals surface area contributed by atoms with Crippen LogP contribution in [0.3, 0.4) is 0 Å². The fourth-order valence-corrected chi connectivity index (χ4v) is 2.33. The molecule has 1 N–H and O–H groups in total. The van der Waals surface area contributed by atoms with Crippen LogP contribution in [0.1, 0.15) is 44.8 Å². The van der Waals surface area contributed by atoms with Crippen molar-refractivity contribution in [2.45, 2.75) is 51.7 Å². The number of hydrogen-bond acceptors (Lipinski definition) is 5. The van der Waals surface area contributed by atoms with E-state index in [9.17, 15) is 5.11 Å². The van der Waals surface area contributed by atoms with Crippen molar-refractivity contribution in [2.24, 2.45) is 0 Å². The maximum Gasteiger partial charge on any atom is 0.240 e. The van der Waals surface area contributed by atoms with Crippen LogP contribution >= 0.6 is 0 Å². The Hall–Kier alpha value is -0.940. The molecule has 0 bridgehead atoms. The first-order chi connectivity index (χ1) is 8.09. The molecule has 17 heavy (non-hydrogen) atoms. The highest BCUT2D eigenvalue weighted by atomic mass is 16.5. The first kappa shape index (κ1) is 12.5. The average Bonchev–Trinajstić information content (AvgIpc) is 2.64. The number of likely N-dealkylation sites (tertiary alicyclic amines) is 1. The lowest BCUT2D eigenvalue weighted by atomic mass is 9.95. The number of nitrogens with zero attached hydrogens (tertiary/aromatic N) is 3. The highest BCUT2D eigenvalue weighted by Crippen LogP contribution is 2.21. The summed E-state index contributed by atoms with van der Waals surface area (Å²) in [5.74, 6) is 1.44. The van der Waals surface area contributed by atoms with Gasteiger partial charge >= 0.3 is 0 Å². The van der Waals surface area contributed by atoms with E-state index in [-0.39, 0.29) is 0 Å². The number of piperidine rings is 1. The molecule has 0 amide bonds. The molecular formula is C12H21N3O2. The van der Waals surface area contributed by atoms with E-state index in [0.29, 0.717) is 19.0 Å². The van der Waals surface area contributed by atoms with E-state index in [1.807, 2.05) is 6.92 Å². The third-order valence-electron chi connectivity index (χ3n) is 3.10. The molecule has 0 aromatic carbocycles. The molecule has 5 heteroatoms. The summed E-state index contributed by atoms with van der Waals surface area (Å²) in [5.41, 5.74) is -0.579. The quantitative estimate of drug-likeness (QED) is 0.859. The standard InChI is InChI=1S/C12H21N3O2/c1-3-5-10-13-11(17-14-10)8-15-7-4-6-12(2,16)9-15/h16H,3-9H2,1-2H3. The van der Waals surface area contributed by atoms with E-state index in [4.69, 9.17) is 4.52 Å². The summed E-state index contributed by atoms with van der Waals surface area (Å²) in [7, 11) is 0. The van der Waals surface area contributed by atoms with Crippen LogP contribution in [0.15, 0.2) is 4.52 Å². The van der Waals surface area contributed by atoms with E-state index in [0.717, 1.165) is 38.1 Å². The Morgan fingerprint density at radius 3 is 3.06 bits per heavy atom. The van der Waals surface area contributed by atoms with Crippen LogP contribution in [0.5, 0.6) is 0 Å². The van der Waals surface area contributed by atoms with Crippen LogP contribution in [0.4, 0.5) is 0 Å². The minimum Gasteiger partial charge on any atom is -0.389 e. The Morgan fingerprint density at radius 2 is 2.35 bits per heavy atom. The van der Waals surface area contributed by atoms with Crippen molar-refractivity contribution < 1.29 is 9.63 Å². The van der Waals surface area contributed by atoms with Gasteiger partial charge in [0.2, 0.25) is 5.89 Å². The van der Waals surface area contributed by atoms with Gasteiger partial charge in [-0.2, -0.15) is 4.98 Å². The monoisotopic (exact) mass is 239 g/mol. The molecule has 1 aromatic rings. The summed E-state index contributed by atoms with van der Waals surface area (Å²) in [6, 6.07) is 0. The number of rotatable bonds is 4. The highest BCUT2D eigenvalue weighted by Gasteiger charge is 2.29. The minimum atomic E-state index is -0.579. The fraction of sp³-hybridized carbons (Fsp3) is 0.833. The zero-order chi connectivity index (χ0) is 12.3. The number of aliphatic hydroxyl groups is 1. The topological polar surface area (TPSA) is 62.4 Å². The molecule has 1 unspecified atom stereocenters. The molecule has 5 nitrogen and oxygen atoms in total. The van der Waals surface area contributed by atoms with Gasteiger partial charge in [-0.3, -0.25) is 4.90 Å². The predicted molar refractivity (Wildman–Crippen MR) is 63.4 cm³/mol.